The highest BCUT2D eigenvalue weighted by Gasteiger charge is 2.27. The highest BCUT2D eigenvalue weighted by Crippen LogP contribution is 2.33. The van der Waals surface area contributed by atoms with Crippen molar-refractivity contribution >= 4 is 69.9 Å². The van der Waals surface area contributed by atoms with Crippen LogP contribution in [0.1, 0.15) is 71.5 Å². The molecule has 8 rings (SSSR count). The Balaban J connectivity index is 0.756. The van der Waals surface area contributed by atoms with Crippen LogP contribution in [0.5, 0.6) is 0 Å². The number of para-hydroxylation sites is 1. The van der Waals surface area contributed by atoms with Gasteiger partial charge in [-0.3, -0.25) is 39.0 Å². The number of hydrogen-bond acceptors (Lipinski definition) is 11. The van der Waals surface area contributed by atoms with Crippen molar-refractivity contribution in [2.75, 3.05) is 41.7 Å². The standard InChI is InChI=1S/C47H48Cl2N12O5/c48-37-27-38(49)36(26-35(37)39-12-7-8-20-50-39)45(64)53-42-28-41(56-61(42)34-10-4-3-5-11-34)46(65)51-29-32-30-60(57-55-32)21-9-2-1-6-13-44(63)59-24-22-58(23-25-59)33-16-14-31(15-17-33)52-40-18-19-43(62)54-47(40)66/h3-5,7-8,10-12,14-17,20,26-28,30,40,52H,1-2,6,9,13,18-19,21-25,29H2,(H,51,65)(H,53,64)(H,54,62,66). The molecule has 2 saturated heterocycles. The minimum atomic E-state index is -0.529. The molecule has 1 unspecified atom stereocenters. The molecule has 3 aromatic heterocycles. The van der Waals surface area contributed by atoms with Crippen LogP contribution in [0, 0.1) is 0 Å². The Bertz CT molecular complexity index is 2690. The van der Waals surface area contributed by atoms with Crippen LogP contribution in [0.15, 0.2) is 103 Å². The fourth-order valence-electron chi connectivity index (χ4n) is 7.84. The lowest BCUT2D eigenvalue weighted by Gasteiger charge is -2.36. The molecule has 17 nitrogen and oxygen atoms in total. The highest BCUT2D eigenvalue weighted by molar-refractivity contribution is 6.38. The molecule has 0 bridgehead atoms. The summed E-state index contributed by atoms with van der Waals surface area (Å²) in [5.41, 5.74) is 4.43. The molecule has 5 amide bonds. The third-order valence-electron chi connectivity index (χ3n) is 11.4. The number of hydrogen-bond donors (Lipinski definition) is 4. The van der Waals surface area contributed by atoms with Gasteiger partial charge in [-0.2, -0.15) is 5.10 Å². The number of nitrogens with one attached hydrogen (secondary N) is 4. The molecule has 1 atom stereocenters. The molecule has 0 aliphatic carbocycles. The van der Waals surface area contributed by atoms with E-state index in [-0.39, 0.29) is 46.4 Å². The van der Waals surface area contributed by atoms with E-state index in [4.69, 9.17) is 23.2 Å². The van der Waals surface area contributed by atoms with Crippen LogP contribution in [-0.4, -0.2) is 96.4 Å². The van der Waals surface area contributed by atoms with Crippen LogP contribution in [-0.2, 0) is 27.5 Å². The van der Waals surface area contributed by atoms with Gasteiger partial charge in [0.1, 0.15) is 17.6 Å². The lowest BCUT2D eigenvalue weighted by Crippen LogP contribution is -2.48. The number of aromatic nitrogens is 6. The maximum Gasteiger partial charge on any atom is 0.272 e. The predicted molar refractivity (Wildman–Crippen MR) is 251 cm³/mol. The van der Waals surface area contributed by atoms with E-state index in [2.05, 4.69) is 46.6 Å². The number of pyridine rings is 1. The second-order valence-electron chi connectivity index (χ2n) is 16.0. The van der Waals surface area contributed by atoms with E-state index in [1.54, 1.807) is 47.4 Å². The van der Waals surface area contributed by atoms with Gasteiger partial charge in [-0.15, -0.1) is 5.10 Å². The van der Waals surface area contributed by atoms with E-state index in [0.29, 0.717) is 66.6 Å². The first-order valence-corrected chi connectivity index (χ1v) is 22.6. The second kappa shape index (κ2) is 21.3. The fraction of sp³-hybridized carbons (Fsp3) is 0.298. The molecule has 0 radical (unpaired) electrons. The number of nitrogens with zero attached hydrogens (tertiary/aromatic N) is 8. The number of amides is 5. The normalized spacial score (nSPS) is 15.0. The van der Waals surface area contributed by atoms with Crippen LogP contribution >= 0.6 is 23.2 Å². The van der Waals surface area contributed by atoms with Crippen LogP contribution in [0.2, 0.25) is 10.0 Å². The van der Waals surface area contributed by atoms with Gasteiger partial charge in [0.05, 0.1) is 39.7 Å². The first-order valence-electron chi connectivity index (χ1n) is 21.9. The monoisotopic (exact) mass is 930 g/mol. The molecule has 0 saturated carbocycles. The number of benzene rings is 3. The zero-order valence-corrected chi connectivity index (χ0v) is 37.5. The maximum atomic E-state index is 13.7. The van der Waals surface area contributed by atoms with Gasteiger partial charge in [0.2, 0.25) is 17.7 Å². The maximum absolute atomic E-state index is 13.7. The zero-order valence-electron chi connectivity index (χ0n) is 36.0. The molecule has 340 valence electrons. The summed E-state index contributed by atoms with van der Waals surface area (Å²) in [5, 5.41) is 24.7. The smallest absolute Gasteiger partial charge is 0.272 e. The van der Waals surface area contributed by atoms with Crippen LogP contribution in [0.25, 0.3) is 16.9 Å². The second-order valence-corrected chi connectivity index (χ2v) is 16.8. The number of halogens is 2. The van der Waals surface area contributed by atoms with Crippen molar-refractivity contribution < 1.29 is 24.0 Å². The molecular formula is C47H48Cl2N12O5. The molecule has 19 heteroatoms. The Morgan fingerprint density at radius 2 is 1.58 bits per heavy atom. The third-order valence-corrected chi connectivity index (χ3v) is 12.0. The Hall–Kier alpha value is -7.11. The topological polar surface area (TPSA) is 201 Å². The number of carbonyl (C=O) groups is 5. The zero-order chi connectivity index (χ0) is 46.0. The summed E-state index contributed by atoms with van der Waals surface area (Å²) in [7, 11) is 0. The molecule has 0 spiro atoms. The lowest BCUT2D eigenvalue weighted by molar-refractivity contribution is -0.134. The van der Waals surface area contributed by atoms with Crippen molar-refractivity contribution in [1.82, 2.24) is 45.3 Å². The van der Waals surface area contributed by atoms with Gasteiger partial charge in [-0.25, -0.2) is 4.68 Å². The van der Waals surface area contributed by atoms with E-state index >= 15 is 0 Å². The summed E-state index contributed by atoms with van der Waals surface area (Å²) in [6.07, 6.45) is 8.24. The van der Waals surface area contributed by atoms with Gasteiger partial charge in [-0.05, 0) is 79.9 Å². The summed E-state index contributed by atoms with van der Waals surface area (Å²) in [5.74, 6) is -1.11. The van der Waals surface area contributed by atoms with E-state index < -0.39 is 17.9 Å². The Labute approximate surface area is 390 Å². The van der Waals surface area contributed by atoms with Crippen molar-refractivity contribution in [1.29, 1.82) is 0 Å². The summed E-state index contributed by atoms with van der Waals surface area (Å²) in [4.78, 5) is 72.1. The van der Waals surface area contributed by atoms with Crippen molar-refractivity contribution in [3.63, 3.8) is 0 Å². The molecule has 4 N–H and O–H groups in total. The molecule has 5 heterocycles. The van der Waals surface area contributed by atoms with Crippen LogP contribution in [0.4, 0.5) is 17.2 Å². The number of piperidine rings is 1. The molecule has 2 aliphatic rings. The number of rotatable bonds is 17. The minimum Gasteiger partial charge on any atom is -0.374 e. The third kappa shape index (κ3) is 11.4. The van der Waals surface area contributed by atoms with E-state index in [1.807, 2.05) is 53.4 Å². The molecule has 2 aliphatic heterocycles. The van der Waals surface area contributed by atoms with Gasteiger partial charge in [-0.1, -0.05) is 65.5 Å². The summed E-state index contributed by atoms with van der Waals surface area (Å²) < 4.78 is 3.22. The van der Waals surface area contributed by atoms with E-state index in [9.17, 15) is 24.0 Å². The predicted octanol–water partition coefficient (Wildman–Crippen LogP) is 6.53. The van der Waals surface area contributed by atoms with E-state index in [0.717, 1.165) is 50.1 Å². The van der Waals surface area contributed by atoms with Gasteiger partial charge >= 0.3 is 0 Å². The van der Waals surface area contributed by atoms with Gasteiger partial charge in [0.15, 0.2) is 5.69 Å². The number of unbranched alkanes of at least 4 members (excludes halogenated alkanes) is 3. The number of carbonyl (C=O) groups excluding carboxylic acids is 5. The van der Waals surface area contributed by atoms with Crippen molar-refractivity contribution in [3.8, 4) is 16.9 Å². The average molecular weight is 932 g/mol. The minimum absolute atomic E-state index is 0.0730. The molecule has 3 aromatic carbocycles. The van der Waals surface area contributed by atoms with Crippen molar-refractivity contribution in [2.24, 2.45) is 0 Å². The summed E-state index contributed by atoms with van der Waals surface area (Å²) in [6, 6.07) is 26.5. The number of piperazine rings is 1. The first-order chi connectivity index (χ1) is 32.1. The van der Waals surface area contributed by atoms with Gasteiger partial charge in [0.25, 0.3) is 11.8 Å². The number of aryl methyl sites for hydroxylation is 1. The average Bonchev–Trinajstić information content (AvgIpc) is 3.98. The summed E-state index contributed by atoms with van der Waals surface area (Å²) in [6.45, 7) is 3.57. The van der Waals surface area contributed by atoms with Crippen LogP contribution in [0.3, 0.4) is 0 Å². The largest absolute Gasteiger partial charge is 0.374 e. The van der Waals surface area contributed by atoms with Crippen molar-refractivity contribution in [3.05, 3.63) is 130 Å². The van der Waals surface area contributed by atoms with Gasteiger partial charge < -0.3 is 25.8 Å². The van der Waals surface area contributed by atoms with Gasteiger partial charge in [0, 0.05) is 74.8 Å². The molecule has 6 aromatic rings. The quantitative estimate of drug-likeness (QED) is 0.0573. The molecule has 2 fully saturated rings. The Morgan fingerprint density at radius 1 is 0.803 bits per heavy atom. The summed E-state index contributed by atoms with van der Waals surface area (Å²) >= 11 is 13.0. The highest BCUT2D eigenvalue weighted by atomic mass is 35.5. The number of anilines is 3. The fourth-order valence-corrected chi connectivity index (χ4v) is 8.40. The van der Waals surface area contributed by atoms with E-state index in [1.165, 1.54) is 16.8 Å². The van der Waals surface area contributed by atoms with Crippen molar-refractivity contribution in [2.45, 2.75) is 64.1 Å². The Kier molecular flexibility index (Phi) is 14.6. The van der Waals surface area contributed by atoms with Crippen LogP contribution < -0.4 is 26.2 Å². The Morgan fingerprint density at radius 3 is 2.33 bits per heavy atom. The first kappa shape index (κ1) is 45.5. The number of imide groups is 1. The molecule has 66 heavy (non-hydrogen) atoms. The molecular weight excluding hydrogens is 884 g/mol. The SMILES string of the molecule is O=C1CCC(Nc2ccc(N3CCN(C(=O)CCCCCCn4cc(CNC(=O)c5cc(NC(=O)c6cc(-c7ccccn7)c(Cl)cc6Cl)n(-c6ccccc6)n5)nn4)CC3)cc2)C(=O)N1. The lowest BCUT2D eigenvalue weighted by atomic mass is 10.1.